The summed E-state index contributed by atoms with van der Waals surface area (Å²) in [5, 5.41) is 10.1. The molecule has 0 aromatic heterocycles. The SMILES string of the molecule is OC(Cc1cccc(Cl)c1F)c1ccc(F)cc1Br. The van der Waals surface area contributed by atoms with E-state index in [0.29, 0.717) is 15.6 Å². The van der Waals surface area contributed by atoms with Gasteiger partial charge in [-0.15, -0.1) is 0 Å². The van der Waals surface area contributed by atoms with Crippen molar-refractivity contribution in [1.29, 1.82) is 0 Å². The molecule has 1 unspecified atom stereocenters. The van der Waals surface area contributed by atoms with Gasteiger partial charge in [-0.05, 0) is 29.3 Å². The molecule has 0 bridgehead atoms. The van der Waals surface area contributed by atoms with E-state index in [9.17, 15) is 13.9 Å². The van der Waals surface area contributed by atoms with Gasteiger partial charge in [0.15, 0.2) is 0 Å². The zero-order valence-electron chi connectivity index (χ0n) is 9.71. The van der Waals surface area contributed by atoms with Gasteiger partial charge in [-0.25, -0.2) is 8.78 Å². The van der Waals surface area contributed by atoms with Crippen molar-refractivity contribution < 1.29 is 13.9 Å². The Kier molecular flexibility index (Phi) is 4.55. The standard InChI is InChI=1S/C14H10BrClF2O/c15-11-7-9(17)4-5-10(11)13(19)6-8-2-1-3-12(16)14(8)18/h1-5,7,13,19H,6H2. The molecular weight excluding hydrogens is 338 g/mol. The number of benzene rings is 2. The summed E-state index contributed by atoms with van der Waals surface area (Å²) in [6, 6.07) is 8.59. The van der Waals surface area contributed by atoms with Gasteiger partial charge < -0.3 is 5.11 Å². The summed E-state index contributed by atoms with van der Waals surface area (Å²) in [7, 11) is 0. The Morgan fingerprint density at radius 2 is 1.95 bits per heavy atom. The molecule has 100 valence electrons. The lowest BCUT2D eigenvalue weighted by molar-refractivity contribution is 0.176. The number of aliphatic hydroxyl groups excluding tert-OH is 1. The Balaban J connectivity index is 2.25. The molecule has 1 N–H and O–H groups in total. The molecule has 0 saturated heterocycles. The monoisotopic (exact) mass is 346 g/mol. The second kappa shape index (κ2) is 5.99. The van der Waals surface area contributed by atoms with Crippen molar-refractivity contribution in [2.24, 2.45) is 0 Å². The molecule has 0 spiro atoms. The van der Waals surface area contributed by atoms with Crippen LogP contribution in [0.25, 0.3) is 0 Å². The molecule has 0 heterocycles. The van der Waals surface area contributed by atoms with E-state index in [1.165, 1.54) is 24.3 Å². The fraction of sp³-hybridized carbons (Fsp3) is 0.143. The van der Waals surface area contributed by atoms with E-state index in [4.69, 9.17) is 11.6 Å². The zero-order valence-corrected chi connectivity index (χ0v) is 12.0. The smallest absolute Gasteiger partial charge is 0.145 e. The predicted molar refractivity (Wildman–Crippen MR) is 74.2 cm³/mol. The molecule has 19 heavy (non-hydrogen) atoms. The topological polar surface area (TPSA) is 20.2 Å². The van der Waals surface area contributed by atoms with Gasteiger partial charge >= 0.3 is 0 Å². The Labute approximate surface area is 123 Å². The van der Waals surface area contributed by atoms with Crippen molar-refractivity contribution in [3.05, 3.63) is 68.7 Å². The lowest BCUT2D eigenvalue weighted by atomic mass is 10.0. The van der Waals surface area contributed by atoms with E-state index < -0.39 is 17.7 Å². The number of aliphatic hydroxyl groups is 1. The van der Waals surface area contributed by atoms with E-state index >= 15 is 0 Å². The normalized spacial score (nSPS) is 12.5. The Morgan fingerprint density at radius 1 is 1.21 bits per heavy atom. The molecule has 1 atom stereocenters. The van der Waals surface area contributed by atoms with Crippen LogP contribution in [-0.2, 0) is 6.42 Å². The average molecular weight is 348 g/mol. The number of hydrogen-bond acceptors (Lipinski definition) is 1. The molecule has 0 saturated carbocycles. The van der Waals surface area contributed by atoms with Gasteiger partial charge in [0.2, 0.25) is 0 Å². The van der Waals surface area contributed by atoms with Crippen LogP contribution in [0.15, 0.2) is 40.9 Å². The van der Waals surface area contributed by atoms with Crippen molar-refractivity contribution in [2.75, 3.05) is 0 Å². The lowest BCUT2D eigenvalue weighted by Crippen LogP contribution is -2.05. The van der Waals surface area contributed by atoms with Gasteiger partial charge in [0, 0.05) is 10.9 Å². The highest BCUT2D eigenvalue weighted by Crippen LogP contribution is 2.28. The number of hydrogen-bond donors (Lipinski definition) is 1. The maximum absolute atomic E-state index is 13.7. The quantitative estimate of drug-likeness (QED) is 0.856. The third kappa shape index (κ3) is 3.32. The van der Waals surface area contributed by atoms with Crippen molar-refractivity contribution in [2.45, 2.75) is 12.5 Å². The molecular formula is C14H10BrClF2O. The van der Waals surface area contributed by atoms with Crippen LogP contribution < -0.4 is 0 Å². The third-order valence-corrected chi connectivity index (χ3v) is 3.74. The van der Waals surface area contributed by atoms with E-state index in [0.717, 1.165) is 0 Å². The van der Waals surface area contributed by atoms with Crippen LogP contribution in [0, 0.1) is 11.6 Å². The molecule has 2 rings (SSSR count). The fourth-order valence-electron chi connectivity index (χ4n) is 1.80. The van der Waals surface area contributed by atoms with Crippen LogP contribution >= 0.6 is 27.5 Å². The highest BCUT2D eigenvalue weighted by Gasteiger charge is 2.16. The van der Waals surface area contributed by atoms with Gasteiger partial charge in [0.1, 0.15) is 11.6 Å². The second-order valence-corrected chi connectivity index (χ2v) is 5.36. The highest BCUT2D eigenvalue weighted by atomic mass is 79.9. The second-order valence-electron chi connectivity index (χ2n) is 4.10. The Morgan fingerprint density at radius 3 is 2.63 bits per heavy atom. The maximum Gasteiger partial charge on any atom is 0.145 e. The van der Waals surface area contributed by atoms with Gasteiger partial charge in [-0.1, -0.05) is 45.7 Å². The first kappa shape index (κ1) is 14.4. The molecule has 2 aromatic rings. The molecule has 0 aliphatic rings. The summed E-state index contributed by atoms with van der Waals surface area (Å²) >= 11 is 8.85. The molecule has 1 nitrogen and oxygen atoms in total. The van der Waals surface area contributed by atoms with E-state index in [1.54, 1.807) is 12.1 Å². The summed E-state index contributed by atoms with van der Waals surface area (Å²) in [5.41, 5.74) is 0.817. The van der Waals surface area contributed by atoms with Crippen LogP contribution in [-0.4, -0.2) is 5.11 Å². The van der Waals surface area contributed by atoms with E-state index in [2.05, 4.69) is 15.9 Å². The largest absolute Gasteiger partial charge is 0.388 e. The van der Waals surface area contributed by atoms with Gasteiger partial charge in [0.05, 0.1) is 11.1 Å². The predicted octanol–water partition coefficient (Wildman–Crippen LogP) is 4.66. The van der Waals surface area contributed by atoms with Gasteiger partial charge in [0.25, 0.3) is 0 Å². The molecule has 0 aliphatic heterocycles. The van der Waals surface area contributed by atoms with Crippen LogP contribution in [0.1, 0.15) is 17.2 Å². The van der Waals surface area contributed by atoms with E-state index in [-0.39, 0.29) is 11.4 Å². The first-order valence-electron chi connectivity index (χ1n) is 5.55. The summed E-state index contributed by atoms with van der Waals surface area (Å²) in [4.78, 5) is 0. The van der Waals surface area contributed by atoms with Crippen LogP contribution in [0.2, 0.25) is 5.02 Å². The van der Waals surface area contributed by atoms with Crippen LogP contribution in [0.5, 0.6) is 0 Å². The summed E-state index contributed by atoms with van der Waals surface area (Å²) in [6.45, 7) is 0. The maximum atomic E-state index is 13.7. The van der Waals surface area contributed by atoms with Gasteiger partial charge in [-0.2, -0.15) is 0 Å². The minimum Gasteiger partial charge on any atom is -0.388 e. The number of halogens is 4. The number of rotatable bonds is 3. The summed E-state index contributed by atoms with van der Waals surface area (Å²) in [6.07, 6.45) is -0.876. The van der Waals surface area contributed by atoms with E-state index in [1.807, 2.05) is 0 Å². The molecule has 0 radical (unpaired) electrons. The minimum absolute atomic E-state index is 0.0165. The molecule has 0 fully saturated rings. The van der Waals surface area contributed by atoms with Crippen molar-refractivity contribution in [1.82, 2.24) is 0 Å². The molecule has 5 heteroatoms. The fourth-order valence-corrected chi connectivity index (χ4v) is 2.61. The Bertz CT molecular complexity index is 604. The average Bonchev–Trinajstić information content (AvgIpc) is 2.34. The summed E-state index contributed by atoms with van der Waals surface area (Å²) in [5.74, 6) is -0.946. The highest BCUT2D eigenvalue weighted by molar-refractivity contribution is 9.10. The molecule has 0 aliphatic carbocycles. The van der Waals surface area contributed by atoms with Crippen molar-refractivity contribution in [3.63, 3.8) is 0 Å². The third-order valence-electron chi connectivity index (χ3n) is 2.77. The molecule has 2 aromatic carbocycles. The Hall–Kier alpha value is -0.970. The van der Waals surface area contributed by atoms with Gasteiger partial charge in [-0.3, -0.25) is 0 Å². The summed E-state index contributed by atoms with van der Waals surface area (Å²) < 4.78 is 27.1. The zero-order chi connectivity index (χ0) is 14.0. The van der Waals surface area contributed by atoms with Crippen LogP contribution in [0.3, 0.4) is 0 Å². The lowest BCUT2D eigenvalue weighted by Gasteiger charge is -2.14. The molecule has 0 amide bonds. The first-order valence-corrected chi connectivity index (χ1v) is 6.72. The van der Waals surface area contributed by atoms with Crippen molar-refractivity contribution in [3.8, 4) is 0 Å². The minimum atomic E-state index is -0.942. The first-order chi connectivity index (χ1) is 8.99. The van der Waals surface area contributed by atoms with Crippen molar-refractivity contribution >= 4 is 27.5 Å². The van der Waals surface area contributed by atoms with Crippen LogP contribution in [0.4, 0.5) is 8.78 Å².